The predicted molar refractivity (Wildman–Crippen MR) is 140 cm³/mol. The van der Waals surface area contributed by atoms with Crippen molar-refractivity contribution in [1.82, 2.24) is 9.29 Å². The summed E-state index contributed by atoms with van der Waals surface area (Å²) in [7, 11) is -1.98. The van der Waals surface area contributed by atoms with Gasteiger partial charge in [0.1, 0.15) is 11.3 Å². The van der Waals surface area contributed by atoms with E-state index in [1.54, 1.807) is 40.6 Å². The van der Waals surface area contributed by atoms with E-state index in [9.17, 15) is 13.2 Å². The number of benzene rings is 2. The molecule has 1 aromatic heterocycles. The Kier molecular flexibility index (Phi) is 7.57. The predicted octanol–water partition coefficient (Wildman–Crippen LogP) is 4.70. The highest BCUT2D eigenvalue weighted by atomic mass is 32.2. The Bertz CT molecular complexity index is 1310. The van der Waals surface area contributed by atoms with E-state index in [2.05, 4.69) is 0 Å². The Morgan fingerprint density at radius 2 is 1.86 bits per heavy atom. The lowest BCUT2D eigenvalue weighted by atomic mass is 10.2. The summed E-state index contributed by atoms with van der Waals surface area (Å²) in [6.45, 7) is 2.15. The largest absolute Gasteiger partial charge is 0.494 e. The minimum Gasteiger partial charge on any atom is -0.494 e. The van der Waals surface area contributed by atoms with Gasteiger partial charge in [0.15, 0.2) is 5.13 Å². The molecule has 3 aromatic rings. The number of ether oxygens (including phenoxy) is 2. The number of methoxy groups -OCH3 is 1. The third kappa shape index (κ3) is 5.13. The summed E-state index contributed by atoms with van der Waals surface area (Å²) < 4.78 is 40.1. The first kappa shape index (κ1) is 25.1. The zero-order valence-corrected chi connectivity index (χ0v) is 22.0. The SMILES string of the molecule is COc1cccc2sc(N(CC3CCCO3)C(=O)c3ccc(S(=O)(=O)N4CCCCCC4)cc3)nc12. The van der Waals surface area contributed by atoms with E-state index in [-0.39, 0.29) is 16.9 Å². The van der Waals surface area contributed by atoms with Gasteiger partial charge < -0.3 is 9.47 Å². The van der Waals surface area contributed by atoms with Crippen LogP contribution in [0.3, 0.4) is 0 Å². The molecule has 0 N–H and O–H groups in total. The third-order valence-electron chi connectivity index (χ3n) is 6.78. The van der Waals surface area contributed by atoms with Crippen molar-refractivity contribution in [1.29, 1.82) is 0 Å². The first-order valence-electron chi connectivity index (χ1n) is 12.4. The zero-order chi connectivity index (χ0) is 25.1. The molecular formula is C26H31N3O5S2. The van der Waals surface area contributed by atoms with Crippen LogP contribution in [0.25, 0.3) is 10.2 Å². The molecule has 1 amide bonds. The zero-order valence-electron chi connectivity index (χ0n) is 20.4. The highest BCUT2D eigenvalue weighted by Gasteiger charge is 2.29. The summed E-state index contributed by atoms with van der Waals surface area (Å²) >= 11 is 1.43. The number of aromatic nitrogens is 1. The van der Waals surface area contributed by atoms with Crippen LogP contribution in [-0.2, 0) is 14.8 Å². The summed E-state index contributed by atoms with van der Waals surface area (Å²) in [6, 6.07) is 12.0. The van der Waals surface area contributed by atoms with Crippen molar-refractivity contribution in [2.45, 2.75) is 49.5 Å². The number of hydrogen-bond donors (Lipinski definition) is 0. The molecule has 0 radical (unpaired) electrons. The molecule has 2 aliphatic heterocycles. The van der Waals surface area contributed by atoms with Crippen molar-refractivity contribution >= 4 is 42.6 Å². The molecule has 8 nitrogen and oxygen atoms in total. The normalized spacial score (nSPS) is 19.3. The molecule has 2 aliphatic rings. The number of thiazole rings is 1. The summed E-state index contributed by atoms with van der Waals surface area (Å²) in [4.78, 5) is 20.3. The minimum atomic E-state index is -3.58. The number of anilines is 1. The van der Waals surface area contributed by atoms with Gasteiger partial charge in [-0.15, -0.1) is 0 Å². The van der Waals surface area contributed by atoms with E-state index in [0.29, 0.717) is 48.2 Å². The van der Waals surface area contributed by atoms with Crippen molar-refractivity contribution in [2.75, 3.05) is 38.3 Å². The standard InChI is InChI=1S/C26H31N3O5S2/c1-33-22-9-6-10-23-24(22)27-26(35-23)29(18-20-8-7-17-34-20)25(30)19-11-13-21(14-12-19)36(31,32)28-15-4-2-3-5-16-28/h6,9-14,20H,2-5,7-8,15-18H2,1H3. The average Bonchev–Trinajstić information content (AvgIpc) is 3.49. The van der Waals surface area contributed by atoms with Crippen molar-refractivity contribution in [3.63, 3.8) is 0 Å². The van der Waals surface area contributed by atoms with Crippen LogP contribution in [0.1, 0.15) is 48.9 Å². The van der Waals surface area contributed by atoms with Crippen LogP contribution in [0.4, 0.5) is 5.13 Å². The number of fused-ring (bicyclic) bond motifs is 1. The van der Waals surface area contributed by atoms with Crippen LogP contribution in [-0.4, -0.2) is 63.1 Å². The number of hydrogen-bond acceptors (Lipinski definition) is 7. The third-order valence-corrected chi connectivity index (χ3v) is 9.74. The molecule has 2 aromatic carbocycles. The Morgan fingerprint density at radius 3 is 2.53 bits per heavy atom. The fourth-order valence-electron chi connectivity index (χ4n) is 4.79. The average molecular weight is 530 g/mol. The number of sulfonamides is 1. The maximum absolute atomic E-state index is 13.7. The molecule has 1 atom stereocenters. The van der Waals surface area contributed by atoms with Gasteiger partial charge in [-0.05, 0) is 62.1 Å². The fraction of sp³-hybridized carbons (Fsp3) is 0.462. The Balaban J connectivity index is 1.43. The summed E-state index contributed by atoms with van der Waals surface area (Å²) in [6.07, 6.45) is 5.64. The molecule has 0 spiro atoms. The van der Waals surface area contributed by atoms with Gasteiger partial charge in [-0.3, -0.25) is 9.69 Å². The molecule has 2 fully saturated rings. The van der Waals surface area contributed by atoms with Crippen LogP contribution in [0, 0.1) is 0 Å². The second-order valence-corrected chi connectivity index (χ2v) is 12.1. The van der Waals surface area contributed by atoms with Crippen LogP contribution < -0.4 is 9.64 Å². The Labute approximate surface area is 215 Å². The Hall–Kier alpha value is -2.53. The molecule has 0 bridgehead atoms. The topological polar surface area (TPSA) is 89.0 Å². The van der Waals surface area contributed by atoms with E-state index in [0.717, 1.165) is 43.2 Å². The molecular weight excluding hydrogens is 498 g/mol. The van der Waals surface area contributed by atoms with Crippen molar-refractivity contribution in [3.05, 3.63) is 48.0 Å². The number of carbonyl (C=O) groups excluding carboxylic acids is 1. The van der Waals surface area contributed by atoms with Gasteiger partial charge in [0.2, 0.25) is 10.0 Å². The van der Waals surface area contributed by atoms with E-state index in [4.69, 9.17) is 14.5 Å². The lowest BCUT2D eigenvalue weighted by molar-refractivity contribution is 0.0917. The van der Waals surface area contributed by atoms with Gasteiger partial charge in [0, 0.05) is 25.3 Å². The lowest BCUT2D eigenvalue weighted by Gasteiger charge is -2.23. The van der Waals surface area contributed by atoms with Gasteiger partial charge >= 0.3 is 0 Å². The van der Waals surface area contributed by atoms with E-state index in [1.165, 1.54) is 11.3 Å². The van der Waals surface area contributed by atoms with Crippen LogP contribution in [0.5, 0.6) is 5.75 Å². The second-order valence-electron chi connectivity index (χ2n) is 9.20. The lowest BCUT2D eigenvalue weighted by Crippen LogP contribution is -2.37. The molecule has 1 unspecified atom stereocenters. The number of amides is 1. The van der Waals surface area contributed by atoms with Gasteiger partial charge in [-0.25, -0.2) is 13.4 Å². The number of rotatable bonds is 7. The van der Waals surface area contributed by atoms with E-state index < -0.39 is 10.0 Å². The van der Waals surface area contributed by atoms with Gasteiger partial charge in [0.25, 0.3) is 5.91 Å². The van der Waals surface area contributed by atoms with Gasteiger partial charge in [-0.2, -0.15) is 4.31 Å². The molecule has 36 heavy (non-hydrogen) atoms. The molecule has 192 valence electrons. The van der Waals surface area contributed by atoms with Crippen LogP contribution >= 0.6 is 11.3 Å². The first-order valence-corrected chi connectivity index (χ1v) is 14.7. The highest BCUT2D eigenvalue weighted by molar-refractivity contribution is 7.89. The maximum Gasteiger partial charge on any atom is 0.260 e. The van der Waals surface area contributed by atoms with Crippen molar-refractivity contribution < 1.29 is 22.7 Å². The number of carbonyl (C=O) groups is 1. The number of nitrogens with zero attached hydrogens (tertiary/aromatic N) is 3. The summed E-state index contributed by atoms with van der Waals surface area (Å²) in [5.74, 6) is 0.421. The molecule has 10 heteroatoms. The summed E-state index contributed by atoms with van der Waals surface area (Å²) in [5.41, 5.74) is 1.12. The van der Waals surface area contributed by atoms with Gasteiger partial charge in [0.05, 0.1) is 29.4 Å². The highest BCUT2D eigenvalue weighted by Crippen LogP contribution is 2.35. The van der Waals surface area contributed by atoms with E-state index in [1.807, 2.05) is 18.2 Å². The Morgan fingerprint density at radius 1 is 1.11 bits per heavy atom. The smallest absolute Gasteiger partial charge is 0.260 e. The molecule has 0 saturated carbocycles. The van der Waals surface area contributed by atoms with Crippen molar-refractivity contribution in [3.8, 4) is 5.75 Å². The van der Waals surface area contributed by atoms with E-state index >= 15 is 0 Å². The molecule has 2 saturated heterocycles. The van der Waals surface area contributed by atoms with Crippen LogP contribution in [0.15, 0.2) is 47.4 Å². The van der Waals surface area contributed by atoms with Gasteiger partial charge in [-0.1, -0.05) is 30.2 Å². The monoisotopic (exact) mass is 529 g/mol. The summed E-state index contributed by atoms with van der Waals surface area (Å²) in [5, 5.41) is 0.566. The first-order chi connectivity index (χ1) is 17.5. The van der Waals surface area contributed by atoms with Crippen LogP contribution in [0.2, 0.25) is 0 Å². The molecule has 3 heterocycles. The fourth-order valence-corrected chi connectivity index (χ4v) is 7.30. The minimum absolute atomic E-state index is 0.0643. The second kappa shape index (κ2) is 10.8. The molecule has 5 rings (SSSR count). The maximum atomic E-state index is 13.7. The number of para-hydroxylation sites is 1. The molecule has 0 aliphatic carbocycles. The van der Waals surface area contributed by atoms with Crippen molar-refractivity contribution in [2.24, 2.45) is 0 Å². The quantitative estimate of drug-likeness (QED) is 0.441.